The highest BCUT2D eigenvalue weighted by Gasteiger charge is 2.37. The van der Waals surface area contributed by atoms with E-state index in [2.05, 4.69) is 0 Å². The molecule has 7 heteroatoms. The average Bonchev–Trinajstić information content (AvgIpc) is 3.14. The quantitative estimate of drug-likeness (QED) is 0.489. The molecular weight excluding hydrogens is 401 g/mol. The van der Waals surface area contributed by atoms with Gasteiger partial charge in [0.1, 0.15) is 16.7 Å². The lowest BCUT2D eigenvalue weighted by atomic mass is 9.92. The average molecular weight is 420 g/mol. The van der Waals surface area contributed by atoms with Crippen molar-refractivity contribution in [3.63, 3.8) is 0 Å². The van der Waals surface area contributed by atoms with Crippen LogP contribution < -0.4 is 4.74 Å². The molecule has 0 bridgehead atoms. The summed E-state index contributed by atoms with van der Waals surface area (Å²) in [7, 11) is 0. The third-order valence-corrected chi connectivity index (χ3v) is 5.84. The number of ether oxygens (including phenoxy) is 1. The molecule has 1 aromatic heterocycles. The molecule has 0 saturated carbocycles. The standard InChI is InChI=1S/C22H19F3O3S/c1-12-11-16(15-7-5-4-6-8-15)19(22(23,24)25)13(2)20(12)28-14(3)17-9-10-18(29-17)21(26)27/h4-11,14H,1-3H3,(H,26,27). The molecule has 0 fully saturated rings. The maximum Gasteiger partial charge on any atom is 0.417 e. The predicted molar refractivity (Wildman–Crippen MR) is 107 cm³/mol. The second-order valence-electron chi connectivity index (χ2n) is 6.70. The number of hydrogen-bond acceptors (Lipinski definition) is 3. The van der Waals surface area contributed by atoms with Crippen LogP contribution in [0.5, 0.6) is 5.75 Å². The van der Waals surface area contributed by atoms with Crippen molar-refractivity contribution >= 4 is 17.3 Å². The molecule has 0 aliphatic carbocycles. The van der Waals surface area contributed by atoms with Crippen molar-refractivity contribution in [2.24, 2.45) is 0 Å². The van der Waals surface area contributed by atoms with Crippen molar-refractivity contribution in [1.82, 2.24) is 0 Å². The monoisotopic (exact) mass is 420 g/mol. The van der Waals surface area contributed by atoms with Gasteiger partial charge in [0.2, 0.25) is 0 Å². The maximum absolute atomic E-state index is 13.9. The smallest absolute Gasteiger partial charge is 0.417 e. The van der Waals surface area contributed by atoms with Gasteiger partial charge in [0.25, 0.3) is 0 Å². The maximum atomic E-state index is 13.9. The van der Waals surface area contributed by atoms with Crippen molar-refractivity contribution in [1.29, 1.82) is 0 Å². The Morgan fingerprint density at radius 3 is 2.31 bits per heavy atom. The van der Waals surface area contributed by atoms with Crippen molar-refractivity contribution in [3.8, 4) is 16.9 Å². The molecule has 1 atom stereocenters. The van der Waals surface area contributed by atoms with E-state index in [4.69, 9.17) is 9.84 Å². The van der Waals surface area contributed by atoms with Crippen LogP contribution in [0.4, 0.5) is 13.2 Å². The molecule has 152 valence electrons. The molecule has 1 unspecified atom stereocenters. The molecule has 1 heterocycles. The van der Waals surface area contributed by atoms with Gasteiger partial charge in [-0.1, -0.05) is 30.3 Å². The number of carboxylic acids is 1. The van der Waals surface area contributed by atoms with Crippen LogP contribution in [0, 0.1) is 13.8 Å². The predicted octanol–water partition coefficient (Wildman–Crippen LogP) is 6.89. The summed E-state index contributed by atoms with van der Waals surface area (Å²) in [5.41, 5.74) is 0.454. The molecule has 0 aliphatic rings. The van der Waals surface area contributed by atoms with Gasteiger partial charge in [0.15, 0.2) is 0 Å². The Kier molecular flexibility index (Phi) is 5.71. The highest BCUT2D eigenvalue weighted by atomic mass is 32.1. The molecule has 1 N–H and O–H groups in total. The van der Waals surface area contributed by atoms with E-state index in [-0.39, 0.29) is 21.8 Å². The molecule has 3 nitrogen and oxygen atoms in total. The fraction of sp³-hybridized carbons (Fsp3) is 0.227. The van der Waals surface area contributed by atoms with E-state index < -0.39 is 23.8 Å². The SMILES string of the molecule is Cc1cc(-c2ccccc2)c(C(F)(F)F)c(C)c1OC(C)c1ccc(C(=O)O)s1. The van der Waals surface area contributed by atoms with E-state index in [1.54, 1.807) is 50.2 Å². The Balaban J connectivity index is 2.07. The van der Waals surface area contributed by atoms with Crippen LogP contribution in [0.1, 0.15) is 44.3 Å². The molecule has 0 amide bonds. The molecule has 2 aromatic carbocycles. The summed E-state index contributed by atoms with van der Waals surface area (Å²) in [4.78, 5) is 11.9. The van der Waals surface area contributed by atoms with Crippen LogP contribution in [0.2, 0.25) is 0 Å². The number of aromatic carboxylic acids is 1. The number of thiophene rings is 1. The van der Waals surface area contributed by atoms with Crippen LogP contribution in [0.25, 0.3) is 11.1 Å². The van der Waals surface area contributed by atoms with Crippen molar-refractivity contribution in [3.05, 3.63) is 75.0 Å². The van der Waals surface area contributed by atoms with Gasteiger partial charge in [-0.3, -0.25) is 0 Å². The first kappa shape index (κ1) is 20.9. The second-order valence-corrected chi connectivity index (χ2v) is 7.82. The first-order valence-electron chi connectivity index (χ1n) is 8.86. The minimum absolute atomic E-state index is 0.0122. The van der Waals surface area contributed by atoms with Gasteiger partial charge < -0.3 is 9.84 Å². The number of carboxylic acid groups (broad SMARTS) is 1. The number of benzene rings is 2. The second kappa shape index (κ2) is 7.91. The van der Waals surface area contributed by atoms with E-state index in [1.807, 2.05) is 0 Å². The van der Waals surface area contributed by atoms with Crippen LogP contribution in [-0.4, -0.2) is 11.1 Å². The molecule has 3 rings (SSSR count). The van der Waals surface area contributed by atoms with Crippen molar-refractivity contribution < 1.29 is 27.8 Å². The Hall–Kier alpha value is -2.80. The highest BCUT2D eigenvalue weighted by molar-refractivity contribution is 7.14. The molecule has 0 radical (unpaired) electrons. The summed E-state index contributed by atoms with van der Waals surface area (Å²) in [6.45, 7) is 4.80. The minimum atomic E-state index is -4.55. The van der Waals surface area contributed by atoms with Crippen molar-refractivity contribution in [2.75, 3.05) is 0 Å². The molecule has 0 spiro atoms. The van der Waals surface area contributed by atoms with Gasteiger partial charge >= 0.3 is 12.1 Å². The Bertz CT molecular complexity index is 1040. The Morgan fingerprint density at radius 2 is 1.76 bits per heavy atom. The number of aryl methyl sites for hydroxylation is 1. The summed E-state index contributed by atoms with van der Waals surface area (Å²) < 4.78 is 47.7. The van der Waals surface area contributed by atoms with Crippen LogP contribution in [-0.2, 0) is 6.18 Å². The van der Waals surface area contributed by atoms with Gasteiger partial charge in [-0.15, -0.1) is 11.3 Å². The Labute approximate surface area is 170 Å². The summed E-state index contributed by atoms with van der Waals surface area (Å²) >= 11 is 1.04. The third-order valence-electron chi connectivity index (χ3n) is 4.61. The molecule has 3 aromatic rings. The number of hydrogen-bond donors (Lipinski definition) is 1. The molecule has 0 aliphatic heterocycles. The topological polar surface area (TPSA) is 46.5 Å². The van der Waals surface area contributed by atoms with Gasteiger partial charge in [-0.2, -0.15) is 13.2 Å². The van der Waals surface area contributed by atoms with E-state index in [9.17, 15) is 18.0 Å². The first-order valence-corrected chi connectivity index (χ1v) is 9.67. The van der Waals surface area contributed by atoms with Gasteiger partial charge in [0.05, 0.1) is 5.56 Å². The zero-order chi connectivity index (χ0) is 21.3. The molecular formula is C22H19F3O3S. The lowest BCUT2D eigenvalue weighted by Gasteiger charge is -2.23. The zero-order valence-electron chi connectivity index (χ0n) is 16.0. The number of halogens is 3. The normalized spacial score (nSPS) is 12.6. The number of carbonyl (C=O) groups is 1. The highest BCUT2D eigenvalue weighted by Crippen LogP contribution is 2.45. The fourth-order valence-electron chi connectivity index (χ4n) is 3.28. The van der Waals surface area contributed by atoms with Crippen molar-refractivity contribution in [2.45, 2.75) is 33.1 Å². The lowest BCUT2D eigenvalue weighted by Crippen LogP contribution is -2.13. The lowest BCUT2D eigenvalue weighted by molar-refractivity contribution is -0.137. The largest absolute Gasteiger partial charge is 0.485 e. The summed E-state index contributed by atoms with van der Waals surface area (Å²) in [6, 6.07) is 13.0. The van der Waals surface area contributed by atoms with E-state index in [1.165, 1.54) is 19.1 Å². The summed E-state index contributed by atoms with van der Waals surface area (Å²) in [5, 5.41) is 9.07. The molecule has 0 saturated heterocycles. The van der Waals surface area contributed by atoms with Gasteiger partial charge in [-0.25, -0.2) is 4.79 Å². The Morgan fingerprint density at radius 1 is 1.10 bits per heavy atom. The van der Waals surface area contributed by atoms with Gasteiger partial charge in [0, 0.05) is 10.4 Å². The van der Waals surface area contributed by atoms with E-state index in [0.717, 1.165) is 11.3 Å². The summed E-state index contributed by atoms with van der Waals surface area (Å²) in [5.74, 6) is -0.887. The minimum Gasteiger partial charge on any atom is -0.485 e. The van der Waals surface area contributed by atoms with Crippen LogP contribution in [0.15, 0.2) is 48.5 Å². The van der Waals surface area contributed by atoms with E-state index in [0.29, 0.717) is 16.0 Å². The van der Waals surface area contributed by atoms with Gasteiger partial charge in [-0.05, 0) is 55.7 Å². The molecule has 29 heavy (non-hydrogen) atoms. The van der Waals surface area contributed by atoms with Crippen LogP contribution in [0.3, 0.4) is 0 Å². The third kappa shape index (κ3) is 4.29. The number of rotatable bonds is 5. The summed E-state index contributed by atoms with van der Waals surface area (Å²) in [6.07, 6.45) is -5.14. The fourth-order valence-corrected chi connectivity index (χ4v) is 4.11. The first-order chi connectivity index (χ1) is 13.6. The van der Waals surface area contributed by atoms with Crippen LogP contribution >= 0.6 is 11.3 Å². The zero-order valence-corrected chi connectivity index (χ0v) is 16.8. The van der Waals surface area contributed by atoms with E-state index >= 15 is 0 Å². The number of alkyl halides is 3.